The van der Waals surface area contributed by atoms with E-state index in [1.165, 1.54) is 12.1 Å². The van der Waals surface area contributed by atoms with Crippen LogP contribution in [-0.2, 0) is 21.7 Å². The van der Waals surface area contributed by atoms with Gasteiger partial charge < -0.3 is 10.2 Å². The van der Waals surface area contributed by atoms with Crippen molar-refractivity contribution in [3.05, 3.63) is 83.7 Å². The van der Waals surface area contributed by atoms with Gasteiger partial charge in [-0.3, -0.25) is 9.59 Å². The van der Waals surface area contributed by atoms with E-state index in [1.807, 2.05) is 38.1 Å². The molecule has 4 nitrogen and oxygen atoms in total. The van der Waals surface area contributed by atoms with E-state index in [2.05, 4.69) is 23.5 Å². The predicted molar refractivity (Wildman–Crippen MR) is 120 cm³/mol. The summed E-state index contributed by atoms with van der Waals surface area (Å²) in [4.78, 5) is 27.2. The zero-order valence-corrected chi connectivity index (χ0v) is 17.9. The van der Waals surface area contributed by atoms with E-state index < -0.39 is 5.54 Å². The summed E-state index contributed by atoms with van der Waals surface area (Å²) < 4.78 is 13.5. The van der Waals surface area contributed by atoms with Gasteiger partial charge in [0.15, 0.2) is 0 Å². The van der Waals surface area contributed by atoms with Gasteiger partial charge in [0.2, 0.25) is 11.8 Å². The summed E-state index contributed by atoms with van der Waals surface area (Å²) >= 11 is 0. The van der Waals surface area contributed by atoms with Gasteiger partial charge in [-0.15, -0.1) is 0 Å². The minimum absolute atomic E-state index is 0.00150. The number of halogens is 1. The quantitative estimate of drug-likeness (QED) is 0.649. The number of hydrogen-bond donors (Lipinski definition) is 1. The Labute approximate surface area is 182 Å². The second-order valence-corrected chi connectivity index (χ2v) is 8.78. The molecule has 160 valence electrons. The van der Waals surface area contributed by atoms with E-state index in [-0.39, 0.29) is 23.5 Å². The minimum atomic E-state index is -0.563. The van der Waals surface area contributed by atoms with Crippen LogP contribution in [0.15, 0.2) is 66.7 Å². The molecule has 1 fully saturated rings. The number of amides is 2. The summed E-state index contributed by atoms with van der Waals surface area (Å²) in [5, 5.41) is 5.45. The lowest BCUT2D eigenvalue weighted by Gasteiger charge is -2.35. The highest BCUT2D eigenvalue weighted by Crippen LogP contribution is 2.29. The number of carbonyl (C=O) groups is 2. The van der Waals surface area contributed by atoms with Crippen LogP contribution in [0.4, 0.5) is 4.39 Å². The molecule has 3 aromatic carbocycles. The second-order valence-electron chi connectivity index (χ2n) is 8.78. The van der Waals surface area contributed by atoms with Crippen LogP contribution in [0.1, 0.15) is 37.8 Å². The highest BCUT2D eigenvalue weighted by molar-refractivity contribution is 5.88. The van der Waals surface area contributed by atoms with Crippen LogP contribution in [0.5, 0.6) is 0 Å². The van der Waals surface area contributed by atoms with Gasteiger partial charge >= 0.3 is 0 Å². The first-order chi connectivity index (χ1) is 14.8. The molecule has 0 unspecified atom stereocenters. The summed E-state index contributed by atoms with van der Waals surface area (Å²) in [5.74, 6) is -0.676. The molecule has 1 aliphatic heterocycles. The van der Waals surface area contributed by atoms with Gasteiger partial charge in [0.1, 0.15) is 5.82 Å². The highest BCUT2D eigenvalue weighted by Gasteiger charge is 2.33. The van der Waals surface area contributed by atoms with Gasteiger partial charge in [0.05, 0.1) is 11.5 Å². The Balaban J connectivity index is 1.49. The first kappa shape index (κ1) is 21.0. The Morgan fingerprint density at radius 3 is 2.65 bits per heavy atom. The Morgan fingerprint density at radius 2 is 1.84 bits per heavy atom. The summed E-state index contributed by atoms with van der Waals surface area (Å²) in [6.45, 7) is 4.66. The first-order valence-electron chi connectivity index (χ1n) is 10.7. The summed E-state index contributed by atoms with van der Waals surface area (Å²) in [5.41, 5.74) is 1.22. The van der Waals surface area contributed by atoms with Gasteiger partial charge in [0.25, 0.3) is 0 Å². The fourth-order valence-corrected chi connectivity index (χ4v) is 4.39. The number of likely N-dealkylation sites (tertiary alicyclic amines) is 1. The Hall–Kier alpha value is -3.21. The SMILES string of the molecule is CC(C)(NC(=O)[C@@H]1CCC(=O)N(Cc2cccc(F)c2)C1)c1cccc2ccccc12. The normalized spacial score (nSPS) is 17.1. The molecular weight excluding hydrogens is 391 g/mol. The van der Waals surface area contributed by atoms with Crippen LogP contribution < -0.4 is 5.32 Å². The highest BCUT2D eigenvalue weighted by atomic mass is 19.1. The Kier molecular flexibility index (Phi) is 5.77. The number of carbonyl (C=O) groups excluding carboxylic acids is 2. The molecule has 1 N–H and O–H groups in total. The summed E-state index contributed by atoms with van der Waals surface area (Å²) in [7, 11) is 0. The summed E-state index contributed by atoms with van der Waals surface area (Å²) in [6, 6.07) is 20.5. The van der Waals surface area contributed by atoms with Crippen molar-refractivity contribution in [1.82, 2.24) is 10.2 Å². The van der Waals surface area contributed by atoms with Crippen LogP contribution in [0.2, 0.25) is 0 Å². The molecule has 3 aromatic rings. The lowest BCUT2D eigenvalue weighted by atomic mass is 9.88. The molecule has 1 aliphatic rings. The summed E-state index contributed by atoms with van der Waals surface area (Å²) in [6.07, 6.45) is 0.845. The fraction of sp³-hybridized carbons (Fsp3) is 0.308. The molecule has 0 spiro atoms. The molecule has 1 saturated heterocycles. The van der Waals surface area contributed by atoms with E-state index in [0.29, 0.717) is 25.9 Å². The number of nitrogens with one attached hydrogen (secondary N) is 1. The average molecular weight is 419 g/mol. The number of benzene rings is 3. The number of rotatable bonds is 5. The van der Waals surface area contributed by atoms with Crippen molar-refractivity contribution in [3.8, 4) is 0 Å². The first-order valence-corrected chi connectivity index (χ1v) is 10.7. The maximum atomic E-state index is 13.5. The molecule has 31 heavy (non-hydrogen) atoms. The van der Waals surface area contributed by atoms with Crippen molar-refractivity contribution in [2.45, 2.75) is 38.8 Å². The van der Waals surface area contributed by atoms with Crippen LogP contribution in [0.25, 0.3) is 10.8 Å². The minimum Gasteiger partial charge on any atom is -0.347 e. The maximum absolute atomic E-state index is 13.5. The molecule has 4 rings (SSSR count). The van der Waals surface area contributed by atoms with E-state index in [4.69, 9.17) is 0 Å². The van der Waals surface area contributed by atoms with Crippen LogP contribution in [0.3, 0.4) is 0 Å². The standard InChI is InChI=1S/C26H27FN2O2/c1-26(2,23-12-6-9-19-8-3-4-11-22(19)23)28-25(31)20-13-14-24(30)29(17-20)16-18-7-5-10-21(27)15-18/h3-12,15,20H,13-14,16-17H2,1-2H3,(H,28,31)/t20-/m1/s1. The molecule has 0 bridgehead atoms. The number of nitrogens with zero attached hydrogens (tertiary/aromatic N) is 1. The molecule has 0 aromatic heterocycles. The van der Waals surface area contributed by atoms with Crippen molar-refractivity contribution < 1.29 is 14.0 Å². The molecule has 0 aliphatic carbocycles. The van der Waals surface area contributed by atoms with Gasteiger partial charge in [-0.2, -0.15) is 0 Å². The van der Waals surface area contributed by atoms with Crippen LogP contribution >= 0.6 is 0 Å². The van der Waals surface area contributed by atoms with Crippen molar-refractivity contribution in [1.29, 1.82) is 0 Å². The van der Waals surface area contributed by atoms with Crippen LogP contribution in [-0.4, -0.2) is 23.3 Å². The molecule has 1 atom stereocenters. The third-order valence-electron chi connectivity index (χ3n) is 6.03. The van der Waals surface area contributed by atoms with Gasteiger partial charge in [0, 0.05) is 19.5 Å². The van der Waals surface area contributed by atoms with Crippen molar-refractivity contribution >= 4 is 22.6 Å². The van der Waals surface area contributed by atoms with E-state index in [0.717, 1.165) is 21.9 Å². The second kappa shape index (κ2) is 8.50. The van der Waals surface area contributed by atoms with Gasteiger partial charge in [-0.1, -0.05) is 54.6 Å². The lowest BCUT2D eigenvalue weighted by molar-refractivity contribution is -0.139. The van der Waals surface area contributed by atoms with E-state index >= 15 is 0 Å². The molecule has 1 heterocycles. The van der Waals surface area contributed by atoms with Gasteiger partial charge in [-0.05, 0) is 54.3 Å². The van der Waals surface area contributed by atoms with E-state index in [1.54, 1.807) is 17.0 Å². The number of piperidine rings is 1. The molecule has 0 radical (unpaired) electrons. The Morgan fingerprint density at radius 1 is 1.10 bits per heavy atom. The predicted octanol–water partition coefficient (Wildman–Crippen LogP) is 4.77. The third kappa shape index (κ3) is 4.61. The monoisotopic (exact) mass is 418 g/mol. The van der Waals surface area contributed by atoms with Crippen molar-refractivity contribution in [3.63, 3.8) is 0 Å². The number of fused-ring (bicyclic) bond motifs is 1. The largest absolute Gasteiger partial charge is 0.347 e. The Bertz CT molecular complexity index is 1120. The maximum Gasteiger partial charge on any atom is 0.225 e. The fourth-order valence-electron chi connectivity index (χ4n) is 4.39. The average Bonchev–Trinajstić information content (AvgIpc) is 2.74. The molecular formula is C26H27FN2O2. The topological polar surface area (TPSA) is 49.4 Å². The number of hydrogen-bond acceptors (Lipinski definition) is 2. The zero-order chi connectivity index (χ0) is 22.0. The van der Waals surface area contributed by atoms with E-state index in [9.17, 15) is 14.0 Å². The lowest BCUT2D eigenvalue weighted by Crippen LogP contribution is -2.49. The molecule has 5 heteroatoms. The van der Waals surface area contributed by atoms with Crippen molar-refractivity contribution in [2.24, 2.45) is 5.92 Å². The smallest absolute Gasteiger partial charge is 0.225 e. The van der Waals surface area contributed by atoms with Gasteiger partial charge in [-0.25, -0.2) is 4.39 Å². The third-order valence-corrected chi connectivity index (χ3v) is 6.03. The van der Waals surface area contributed by atoms with Crippen LogP contribution in [0, 0.1) is 11.7 Å². The molecule has 2 amide bonds. The zero-order valence-electron chi connectivity index (χ0n) is 17.9. The molecule has 0 saturated carbocycles. The van der Waals surface area contributed by atoms with Crippen molar-refractivity contribution in [2.75, 3.05) is 6.54 Å².